The first-order chi connectivity index (χ1) is 14.3. The van der Waals surface area contributed by atoms with Gasteiger partial charge in [-0.25, -0.2) is 18.0 Å². The van der Waals surface area contributed by atoms with Crippen LogP contribution in [0.15, 0.2) is 42.7 Å². The summed E-state index contributed by atoms with van der Waals surface area (Å²) in [6.07, 6.45) is 2.78. The highest BCUT2D eigenvalue weighted by Crippen LogP contribution is 2.34. The van der Waals surface area contributed by atoms with Gasteiger partial charge in [-0.05, 0) is 29.0 Å². The maximum Gasteiger partial charge on any atom is 0.518 e. The van der Waals surface area contributed by atoms with Crippen LogP contribution in [0.1, 0.15) is 61.0 Å². The lowest BCUT2D eigenvalue weighted by atomic mass is 9.94. The molecule has 9 nitrogen and oxygen atoms in total. The van der Waals surface area contributed by atoms with Crippen LogP contribution in [0.5, 0.6) is 5.75 Å². The Labute approximate surface area is 182 Å². The predicted octanol–water partition coefficient (Wildman–Crippen LogP) is 3.25. The number of hydrogen-bond donors (Lipinski definition) is 1. The molecule has 2 aromatic rings. The fraction of sp³-hybridized carbons (Fsp3) is 0.381. The third kappa shape index (κ3) is 9.58. The Morgan fingerprint density at radius 2 is 1.58 bits per heavy atom. The van der Waals surface area contributed by atoms with Crippen LogP contribution in [0.2, 0.25) is 0 Å². The van der Waals surface area contributed by atoms with Crippen LogP contribution < -0.4 is 9.30 Å². The Kier molecular flexibility index (Phi) is 9.60. The fourth-order valence-corrected chi connectivity index (χ4v) is 2.57. The lowest BCUT2D eigenvalue weighted by Crippen LogP contribution is -2.36. The number of para-hydroxylation sites is 1. The number of nitrogens with zero attached hydrogens (tertiary/aromatic N) is 1. The largest absolute Gasteiger partial charge is 0.748 e. The summed E-state index contributed by atoms with van der Waals surface area (Å²) in [7, 11) is -3.92. The van der Waals surface area contributed by atoms with Crippen molar-refractivity contribution in [3.63, 3.8) is 0 Å². The van der Waals surface area contributed by atoms with Gasteiger partial charge in [0.25, 0.3) is 6.73 Å². The van der Waals surface area contributed by atoms with E-state index in [2.05, 4.69) is 0 Å². The van der Waals surface area contributed by atoms with Gasteiger partial charge in [-0.15, -0.1) is 0 Å². The maximum atomic E-state index is 12.2. The summed E-state index contributed by atoms with van der Waals surface area (Å²) < 4.78 is 39.3. The van der Waals surface area contributed by atoms with E-state index in [4.69, 9.17) is 27.6 Å². The van der Waals surface area contributed by atoms with E-state index in [0.29, 0.717) is 12.0 Å². The number of carbonyl (C=O) groups is 2. The van der Waals surface area contributed by atoms with Gasteiger partial charge in [0, 0.05) is 12.3 Å². The minimum atomic E-state index is -3.92. The van der Waals surface area contributed by atoms with Crippen LogP contribution in [0.4, 0.5) is 4.79 Å². The Balaban J connectivity index is 0.000000861. The first kappa shape index (κ1) is 26.1. The van der Waals surface area contributed by atoms with Gasteiger partial charge in [0.2, 0.25) is 0 Å². The van der Waals surface area contributed by atoms with E-state index in [1.54, 1.807) is 12.3 Å². The van der Waals surface area contributed by atoms with Crippen molar-refractivity contribution in [3.05, 3.63) is 59.4 Å². The highest BCUT2D eigenvalue weighted by Gasteiger charge is 2.20. The van der Waals surface area contributed by atoms with Gasteiger partial charge in [-0.2, -0.15) is 4.57 Å². The molecule has 0 fully saturated rings. The molecule has 1 aromatic heterocycles. The molecule has 0 saturated carbocycles. The average Bonchev–Trinajstić information content (AvgIpc) is 2.65. The van der Waals surface area contributed by atoms with E-state index in [9.17, 15) is 9.59 Å². The van der Waals surface area contributed by atoms with Crippen molar-refractivity contribution < 1.29 is 41.7 Å². The number of hydrogen-bond acceptors (Lipinski definition) is 7. The number of benzene rings is 1. The Hall–Kier alpha value is -2.98. The monoisotopic (exact) mass is 453 g/mol. The van der Waals surface area contributed by atoms with Gasteiger partial charge in [0.05, 0.1) is 10.1 Å². The van der Waals surface area contributed by atoms with Crippen molar-refractivity contribution >= 4 is 22.2 Å². The molecule has 0 aliphatic rings. The smallest absolute Gasteiger partial charge is 0.518 e. The maximum absolute atomic E-state index is 12.2. The van der Waals surface area contributed by atoms with E-state index < -0.39 is 22.2 Å². The molecule has 0 amide bonds. The zero-order valence-corrected chi connectivity index (χ0v) is 18.9. The molecule has 0 saturated heterocycles. The van der Waals surface area contributed by atoms with Gasteiger partial charge < -0.3 is 19.1 Å². The summed E-state index contributed by atoms with van der Waals surface area (Å²) in [6.45, 7) is 7.99. The molecule has 1 heterocycles. The minimum Gasteiger partial charge on any atom is -0.748 e. The zero-order valence-electron chi connectivity index (χ0n) is 18.1. The van der Waals surface area contributed by atoms with Crippen LogP contribution in [-0.4, -0.2) is 36.5 Å². The third-order valence-corrected chi connectivity index (χ3v) is 3.94. The number of ether oxygens (including phenoxy) is 2. The van der Waals surface area contributed by atoms with Crippen molar-refractivity contribution in [3.8, 4) is 5.75 Å². The molecule has 0 aliphatic heterocycles. The second-order valence-corrected chi connectivity index (χ2v) is 8.72. The predicted molar refractivity (Wildman–Crippen MR) is 111 cm³/mol. The van der Waals surface area contributed by atoms with E-state index in [1.165, 1.54) is 16.8 Å². The van der Waals surface area contributed by atoms with Crippen molar-refractivity contribution in [2.75, 3.05) is 6.26 Å². The summed E-state index contributed by atoms with van der Waals surface area (Å²) in [4.78, 5) is 23.2. The molecular formula is C21H27NO8S. The number of pyridine rings is 1. The molecule has 0 atom stereocenters. The molecule has 1 N–H and O–H groups in total. The number of aromatic nitrogens is 1. The Morgan fingerprint density at radius 1 is 1.06 bits per heavy atom. The quantitative estimate of drug-likeness (QED) is 0.305. The molecule has 2 rings (SSSR count). The van der Waals surface area contributed by atoms with Crippen molar-refractivity contribution in [1.29, 1.82) is 0 Å². The zero-order chi connectivity index (χ0) is 23.8. The molecule has 31 heavy (non-hydrogen) atoms. The number of carboxylic acid groups (broad SMARTS) is 1. The standard InChI is InChI=1S/C20H23NO5.CH4O3S/c1-13(2)16-8-5-9-17(14(3)4)18(16)26-20(24)25-12-21-10-6-7-15(11-21)19(22)23;1-5(2,3)4/h5-11,13-14H,12H2,1-4H3;1H3,(H,2,3,4). The average molecular weight is 454 g/mol. The van der Waals surface area contributed by atoms with E-state index >= 15 is 0 Å². The number of rotatable bonds is 6. The highest BCUT2D eigenvalue weighted by atomic mass is 32.2. The second kappa shape index (κ2) is 11.4. The summed E-state index contributed by atoms with van der Waals surface area (Å²) in [6, 6.07) is 8.86. The van der Waals surface area contributed by atoms with Crippen LogP contribution >= 0.6 is 0 Å². The topological polar surface area (TPSA) is 134 Å². The molecular weight excluding hydrogens is 426 g/mol. The summed E-state index contributed by atoms with van der Waals surface area (Å²) in [5.41, 5.74) is 1.99. The Morgan fingerprint density at radius 3 is 2.03 bits per heavy atom. The molecule has 0 unspecified atom stereocenters. The van der Waals surface area contributed by atoms with Gasteiger partial charge in [-0.1, -0.05) is 45.9 Å². The van der Waals surface area contributed by atoms with Crippen molar-refractivity contribution in [2.45, 2.75) is 46.3 Å². The van der Waals surface area contributed by atoms with Gasteiger partial charge in [0.15, 0.2) is 12.4 Å². The van der Waals surface area contributed by atoms with E-state index in [0.717, 1.165) is 11.1 Å². The van der Waals surface area contributed by atoms with Crippen molar-refractivity contribution in [1.82, 2.24) is 0 Å². The first-order valence-electron chi connectivity index (χ1n) is 9.40. The van der Waals surface area contributed by atoms with Crippen LogP contribution in [0, 0.1) is 0 Å². The third-order valence-electron chi connectivity index (χ3n) is 3.94. The molecule has 170 valence electrons. The normalized spacial score (nSPS) is 11.0. The molecule has 10 heteroatoms. The summed E-state index contributed by atoms with van der Waals surface area (Å²) in [5, 5.41) is 9.00. The fourth-order valence-electron chi connectivity index (χ4n) is 2.57. The first-order valence-corrected chi connectivity index (χ1v) is 11.2. The van der Waals surface area contributed by atoms with Gasteiger partial charge >= 0.3 is 12.1 Å². The van der Waals surface area contributed by atoms with Crippen LogP contribution in [0.3, 0.4) is 0 Å². The van der Waals surface area contributed by atoms with Gasteiger partial charge in [0.1, 0.15) is 11.3 Å². The lowest BCUT2D eigenvalue weighted by Gasteiger charge is -2.18. The summed E-state index contributed by atoms with van der Waals surface area (Å²) in [5.74, 6) is -0.127. The van der Waals surface area contributed by atoms with E-state index in [1.807, 2.05) is 45.9 Å². The molecule has 1 aromatic carbocycles. The van der Waals surface area contributed by atoms with E-state index in [-0.39, 0.29) is 24.1 Å². The minimum absolute atomic E-state index is 0.108. The lowest BCUT2D eigenvalue weighted by molar-refractivity contribution is -0.727. The number of carbonyl (C=O) groups excluding carboxylic acids is 1. The number of carboxylic acids is 1. The van der Waals surface area contributed by atoms with Crippen molar-refractivity contribution in [2.24, 2.45) is 0 Å². The molecule has 0 aliphatic carbocycles. The highest BCUT2D eigenvalue weighted by molar-refractivity contribution is 7.84. The number of aromatic carboxylic acids is 1. The molecule has 0 bridgehead atoms. The van der Waals surface area contributed by atoms with Crippen LogP contribution in [0.25, 0.3) is 0 Å². The van der Waals surface area contributed by atoms with Gasteiger partial charge in [-0.3, -0.25) is 0 Å². The molecule has 0 radical (unpaired) electrons. The second-order valence-electron chi connectivity index (χ2n) is 7.32. The molecule has 0 spiro atoms. The SMILES string of the molecule is CC(C)c1cccc(C(C)C)c1OC(=O)OC[n+]1cccc(C(=O)O)c1.CS(=O)(=O)[O-]. The summed E-state index contributed by atoms with van der Waals surface area (Å²) >= 11 is 0. The van der Waals surface area contributed by atoms with Crippen LogP contribution in [-0.2, 0) is 21.6 Å². The Bertz CT molecular complexity index is 982.